The fraction of sp³-hybridized carbons (Fsp3) is 0.423. The van der Waals surface area contributed by atoms with Gasteiger partial charge in [-0.2, -0.15) is 13.2 Å². The quantitative estimate of drug-likeness (QED) is 0.319. The van der Waals surface area contributed by atoms with Crippen LogP contribution in [0, 0.1) is 0 Å². The summed E-state index contributed by atoms with van der Waals surface area (Å²) < 4.78 is 50.3. The lowest BCUT2D eigenvalue weighted by molar-refractivity contribution is -0.137. The maximum absolute atomic E-state index is 13.3. The fourth-order valence-corrected chi connectivity index (χ4v) is 2.96. The maximum Gasteiger partial charge on any atom is 0.534 e. The van der Waals surface area contributed by atoms with Crippen LogP contribution in [-0.4, -0.2) is 40.0 Å². The third kappa shape index (κ3) is 9.59. The van der Waals surface area contributed by atoms with Crippen LogP contribution in [0.15, 0.2) is 54.9 Å². The first-order valence-electron chi connectivity index (χ1n) is 11.2. The van der Waals surface area contributed by atoms with Crippen LogP contribution < -0.4 is 0 Å². The van der Waals surface area contributed by atoms with Crippen LogP contribution in [0.4, 0.5) is 22.8 Å². The highest BCUT2D eigenvalue weighted by atomic mass is 19.4. The van der Waals surface area contributed by atoms with E-state index in [0.29, 0.717) is 16.7 Å². The molecule has 2 aromatic rings. The largest absolute Gasteiger partial charge is 0.534 e. The molecule has 0 radical (unpaired) electrons. The summed E-state index contributed by atoms with van der Waals surface area (Å²) >= 11 is 0. The number of amides is 1. The molecule has 0 atom stereocenters. The lowest BCUT2D eigenvalue weighted by atomic mass is 9.96. The molecular weight excluding hydrogens is 477 g/mol. The van der Waals surface area contributed by atoms with E-state index in [4.69, 9.17) is 14.3 Å². The molecular formula is C26H31F3N2O5. The zero-order valence-electron chi connectivity index (χ0n) is 21.2. The first-order chi connectivity index (χ1) is 16.5. The van der Waals surface area contributed by atoms with Gasteiger partial charge >= 0.3 is 18.4 Å². The molecule has 7 nitrogen and oxygen atoms in total. The molecule has 196 valence electrons. The van der Waals surface area contributed by atoms with Gasteiger partial charge in [-0.25, -0.2) is 9.59 Å². The summed E-state index contributed by atoms with van der Waals surface area (Å²) in [5.74, 6) is 0. The molecule has 1 aromatic carbocycles. The van der Waals surface area contributed by atoms with E-state index in [1.807, 2.05) is 0 Å². The summed E-state index contributed by atoms with van der Waals surface area (Å²) in [7, 11) is 0. The molecule has 0 aliphatic rings. The van der Waals surface area contributed by atoms with Crippen LogP contribution >= 0.6 is 0 Å². The van der Waals surface area contributed by atoms with E-state index in [-0.39, 0.29) is 13.0 Å². The molecule has 0 saturated heterocycles. The Hall–Kier alpha value is -3.56. The smallest absolute Gasteiger partial charge is 0.442 e. The Kier molecular flexibility index (Phi) is 9.12. The number of halogens is 3. The third-order valence-electron chi connectivity index (χ3n) is 4.33. The molecule has 0 N–H and O–H groups in total. The normalized spacial score (nSPS) is 12.6. The van der Waals surface area contributed by atoms with Crippen molar-refractivity contribution < 1.29 is 37.1 Å². The van der Waals surface area contributed by atoms with Crippen molar-refractivity contribution in [3.05, 3.63) is 71.6 Å². The van der Waals surface area contributed by atoms with Crippen molar-refractivity contribution in [2.24, 2.45) is 0 Å². The molecule has 10 heteroatoms. The van der Waals surface area contributed by atoms with Gasteiger partial charge in [-0.1, -0.05) is 24.3 Å². The summed E-state index contributed by atoms with van der Waals surface area (Å²) in [6.07, 6.45) is -1.69. The summed E-state index contributed by atoms with van der Waals surface area (Å²) in [6, 6.07) is 8.28. The molecule has 1 amide bonds. The summed E-state index contributed by atoms with van der Waals surface area (Å²) in [5, 5.41) is 0.725. The number of nitrogens with zero attached hydrogens (tertiary/aromatic N) is 2. The molecule has 0 fully saturated rings. The van der Waals surface area contributed by atoms with Gasteiger partial charge in [0.05, 0.1) is 12.1 Å². The summed E-state index contributed by atoms with van der Waals surface area (Å²) in [5.41, 5.74) is -1.15. The Morgan fingerprint density at radius 2 is 1.58 bits per heavy atom. The number of ether oxygens (including phenoxy) is 2. The molecule has 1 aromatic heterocycles. The zero-order chi connectivity index (χ0) is 27.1. The van der Waals surface area contributed by atoms with Gasteiger partial charge in [0.2, 0.25) is 0 Å². The van der Waals surface area contributed by atoms with Gasteiger partial charge in [0, 0.05) is 18.0 Å². The second-order valence-corrected chi connectivity index (χ2v) is 9.86. The van der Waals surface area contributed by atoms with Gasteiger partial charge in [0.15, 0.2) is 0 Å². The van der Waals surface area contributed by atoms with E-state index in [1.165, 1.54) is 12.3 Å². The highest BCUT2D eigenvalue weighted by Gasteiger charge is 2.31. The number of pyridine rings is 1. The van der Waals surface area contributed by atoms with Crippen LogP contribution in [0.3, 0.4) is 0 Å². The van der Waals surface area contributed by atoms with Crippen molar-refractivity contribution >= 4 is 17.8 Å². The van der Waals surface area contributed by atoms with Gasteiger partial charge in [-0.15, -0.1) is 5.06 Å². The average Bonchev–Trinajstić information content (AvgIpc) is 2.73. The molecule has 0 aliphatic carbocycles. The number of aromatic nitrogens is 1. The molecule has 0 bridgehead atoms. The van der Waals surface area contributed by atoms with Gasteiger partial charge in [-0.3, -0.25) is 4.98 Å². The van der Waals surface area contributed by atoms with Crippen molar-refractivity contribution in [1.82, 2.24) is 10.0 Å². The van der Waals surface area contributed by atoms with Crippen LogP contribution in [-0.2, 0) is 20.5 Å². The van der Waals surface area contributed by atoms with Gasteiger partial charge < -0.3 is 14.3 Å². The predicted octanol–water partition coefficient (Wildman–Crippen LogP) is 7.03. The van der Waals surface area contributed by atoms with E-state index in [9.17, 15) is 22.8 Å². The van der Waals surface area contributed by atoms with E-state index in [2.05, 4.69) is 4.98 Å². The number of hydrogen-bond donors (Lipinski definition) is 0. The minimum absolute atomic E-state index is 0.114. The lowest BCUT2D eigenvalue weighted by Gasteiger charge is -2.27. The van der Waals surface area contributed by atoms with Crippen LogP contribution in [0.1, 0.15) is 64.7 Å². The van der Waals surface area contributed by atoms with Gasteiger partial charge in [0.1, 0.15) is 11.2 Å². The minimum Gasteiger partial charge on any atom is -0.442 e. The summed E-state index contributed by atoms with van der Waals surface area (Å²) in [6.45, 7) is 9.76. The summed E-state index contributed by atoms with van der Waals surface area (Å²) in [4.78, 5) is 34.0. The number of carbonyl (C=O) groups excluding carboxylic acids is 2. The third-order valence-corrected chi connectivity index (χ3v) is 4.33. The number of hydrogen-bond acceptors (Lipinski definition) is 6. The van der Waals surface area contributed by atoms with Crippen molar-refractivity contribution in [2.75, 3.05) is 6.54 Å². The Morgan fingerprint density at radius 3 is 2.14 bits per heavy atom. The average molecular weight is 509 g/mol. The first-order valence-corrected chi connectivity index (χ1v) is 11.2. The second kappa shape index (κ2) is 11.5. The molecule has 2 rings (SSSR count). The topological polar surface area (TPSA) is 78.0 Å². The Balaban J connectivity index is 2.34. The maximum atomic E-state index is 13.3. The molecule has 0 spiro atoms. The zero-order valence-corrected chi connectivity index (χ0v) is 21.2. The molecule has 0 unspecified atom stereocenters. The number of rotatable bonds is 5. The number of benzene rings is 1. The van der Waals surface area contributed by atoms with E-state index < -0.39 is 35.2 Å². The highest BCUT2D eigenvalue weighted by molar-refractivity contribution is 5.79. The van der Waals surface area contributed by atoms with Crippen molar-refractivity contribution in [2.45, 2.75) is 65.3 Å². The second-order valence-electron chi connectivity index (χ2n) is 9.86. The Bertz CT molecular complexity index is 1070. The van der Waals surface area contributed by atoms with Gasteiger partial charge in [0.25, 0.3) is 0 Å². The van der Waals surface area contributed by atoms with Crippen molar-refractivity contribution in [3.63, 3.8) is 0 Å². The van der Waals surface area contributed by atoms with Crippen LogP contribution in [0.25, 0.3) is 5.57 Å². The van der Waals surface area contributed by atoms with Crippen molar-refractivity contribution in [3.8, 4) is 0 Å². The monoisotopic (exact) mass is 508 g/mol. The highest BCUT2D eigenvalue weighted by Crippen LogP contribution is 2.32. The van der Waals surface area contributed by atoms with E-state index in [1.54, 1.807) is 72.0 Å². The first kappa shape index (κ1) is 28.7. The Labute approximate surface area is 208 Å². The van der Waals surface area contributed by atoms with Crippen molar-refractivity contribution in [1.29, 1.82) is 0 Å². The number of carbonyl (C=O) groups is 2. The van der Waals surface area contributed by atoms with E-state index >= 15 is 0 Å². The molecule has 36 heavy (non-hydrogen) atoms. The fourth-order valence-electron chi connectivity index (χ4n) is 2.96. The Morgan fingerprint density at radius 1 is 0.944 bits per heavy atom. The number of hydroxylamine groups is 2. The minimum atomic E-state index is -4.51. The predicted molar refractivity (Wildman–Crippen MR) is 128 cm³/mol. The molecule has 0 aliphatic heterocycles. The lowest BCUT2D eigenvalue weighted by Crippen LogP contribution is -2.40. The SMILES string of the molecule is CC(C)(C)OC(=O)ON(CCC=C(c1cccnc1)c1cccc(C(F)(F)F)c1)C(=O)OC(C)(C)C. The molecule has 0 saturated carbocycles. The number of alkyl halides is 3. The molecule has 1 heterocycles. The van der Waals surface area contributed by atoms with Crippen LogP contribution in [0.5, 0.6) is 0 Å². The van der Waals surface area contributed by atoms with Gasteiger partial charge in [-0.05, 0) is 77.3 Å². The van der Waals surface area contributed by atoms with Crippen LogP contribution in [0.2, 0.25) is 0 Å². The van der Waals surface area contributed by atoms with E-state index in [0.717, 1.165) is 17.2 Å². The standard InChI is InChI=1S/C26H31F3N2O5/c1-24(2,3)34-22(32)31(36-23(33)35-25(4,5)6)15-9-13-21(19-11-8-14-30-17-19)18-10-7-12-20(16-18)26(27,28)29/h7-8,10-14,16-17H,9,15H2,1-6H3.